The number of halogens is 3. The van der Waals surface area contributed by atoms with E-state index in [2.05, 4.69) is 10.4 Å². The van der Waals surface area contributed by atoms with Crippen molar-refractivity contribution in [1.29, 1.82) is 0 Å². The van der Waals surface area contributed by atoms with E-state index in [1.807, 2.05) is 16.5 Å². The number of hydrogen-bond donors (Lipinski definition) is 2. The van der Waals surface area contributed by atoms with Gasteiger partial charge in [0.25, 0.3) is 0 Å². The second-order valence-electron chi connectivity index (χ2n) is 5.28. The third kappa shape index (κ3) is 3.25. The number of H-pyrrole nitrogens is 1. The van der Waals surface area contributed by atoms with Gasteiger partial charge in [-0.05, 0) is 17.0 Å². The summed E-state index contributed by atoms with van der Waals surface area (Å²) in [6.45, 7) is 2.21. The predicted octanol–water partition coefficient (Wildman–Crippen LogP) is 3.38. The van der Waals surface area contributed by atoms with Gasteiger partial charge < -0.3 is 10.1 Å². The van der Waals surface area contributed by atoms with E-state index in [1.54, 1.807) is 18.3 Å². The Kier molecular flexibility index (Phi) is 4.15. The third-order valence-electron chi connectivity index (χ3n) is 3.72. The second kappa shape index (κ2) is 5.97. The first-order valence-corrected chi connectivity index (χ1v) is 7.85. The third-order valence-corrected chi connectivity index (χ3v) is 4.71. The zero-order chi connectivity index (χ0) is 16.6. The summed E-state index contributed by atoms with van der Waals surface area (Å²) >= 11 is 1.61. The minimum atomic E-state index is -4.53. The standard InChI is InChI=1S/C14H14F3N3O2S/c1-7(12-8-3-5-23-9(8)2-4-22-12)13(21)18-11-6-10(19-20-11)14(15,16)17/h3,5-7,12H,2,4H2,1H3,(H2,18,19,20,21). The SMILES string of the molecule is CC(C(=O)Nc1cc(C(F)(F)F)[nH]n1)C1OCCc2sccc21. The average molecular weight is 345 g/mol. The molecule has 1 aliphatic heterocycles. The number of thiophene rings is 1. The molecule has 9 heteroatoms. The van der Waals surface area contributed by atoms with E-state index < -0.39 is 29.8 Å². The van der Waals surface area contributed by atoms with Gasteiger partial charge >= 0.3 is 6.18 Å². The number of anilines is 1. The molecule has 3 heterocycles. The van der Waals surface area contributed by atoms with Gasteiger partial charge in [-0.2, -0.15) is 18.3 Å². The van der Waals surface area contributed by atoms with Crippen LogP contribution in [-0.4, -0.2) is 22.7 Å². The quantitative estimate of drug-likeness (QED) is 0.896. The van der Waals surface area contributed by atoms with Crippen molar-refractivity contribution in [3.05, 3.63) is 33.6 Å². The van der Waals surface area contributed by atoms with E-state index in [9.17, 15) is 18.0 Å². The molecule has 0 fully saturated rings. The summed E-state index contributed by atoms with van der Waals surface area (Å²) in [4.78, 5) is 13.5. The minimum absolute atomic E-state index is 0.157. The molecule has 1 aliphatic rings. The average Bonchev–Trinajstić information content (AvgIpc) is 3.13. The zero-order valence-electron chi connectivity index (χ0n) is 12.1. The molecular formula is C14H14F3N3O2S. The first kappa shape index (κ1) is 16.0. The molecule has 124 valence electrons. The van der Waals surface area contributed by atoms with Crippen molar-refractivity contribution in [1.82, 2.24) is 10.2 Å². The lowest BCUT2D eigenvalue weighted by molar-refractivity contribution is -0.141. The molecular weight excluding hydrogens is 331 g/mol. The molecule has 2 N–H and O–H groups in total. The summed E-state index contributed by atoms with van der Waals surface area (Å²) < 4.78 is 43.2. The van der Waals surface area contributed by atoms with Gasteiger partial charge in [0.15, 0.2) is 5.82 Å². The number of aromatic amines is 1. The molecule has 0 aromatic carbocycles. The van der Waals surface area contributed by atoms with Crippen LogP contribution in [0.2, 0.25) is 0 Å². The number of nitrogens with zero attached hydrogens (tertiary/aromatic N) is 1. The molecule has 0 saturated carbocycles. The first-order chi connectivity index (χ1) is 10.9. The van der Waals surface area contributed by atoms with Crippen LogP contribution in [0.5, 0.6) is 0 Å². The molecule has 2 aromatic heterocycles. The normalized spacial score (nSPS) is 19.2. The highest BCUT2D eigenvalue weighted by atomic mass is 32.1. The summed E-state index contributed by atoms with van der Waals surface area (Å²) in [5, 5.41) is 9.67. The summed E-state index contributed by atoms with van der Waals surface area (Å²) in [6, 6.07) is 2.69. The minimum Gasteiger partial charge on any atom is -0.372 e. The smallest absolute Gasteiger partial charge is 0.372 e. The number of amides is 1. The van der Waals surface area contributed by atoms with Crippen LogP contribution in [0, 0.1) is 5.92 Å². The highest BCUT2D eigenvalue weighted by molar-refractivity contribution is 7.10. The van der Waals surface area contributed by atoms with Crippen LogP contribution >= 0.6 is 11.3 Å². The summed E-state index contributed by atoms with van der Waals surface area (Å²) in [7, 11) is 0. The van der Waals surface area contributed by atoms with Crippen molar-refractivity contribution in [3.8, 4) is 0 Å². The molecule has 23 heavy (non-hydrogen) atoms. The number of rotatable bonds is 3. The predicted molar refractivity (Wildman–Crippen MR) is 78.1 cm³/mol. The van der Waals surface area contributed by atoms with Gasteiger partial charge in [-0.25, -0.2) is 0 Å². The van der Waals surface area contributed by atoms with Crippen LogP contribution in [0.15, 0.2) is 17.5 Å². The van der Waals surface area contributed by atoms with E-state index in [0.29, 0.717) is 6.61 Å². The van der Waals surface area contributed by atoms with Crippen LogP contribution in [0.1, 0.15) is 29.2 Å². The van der Waals surface area contributed by atoms with Gasteiger partial charge in [0.1, 0.15) is 5.69 Å². The molecule has 0 radical (unpaired) electrons. The number of hydrogen-bond acceptors (Lipinski definition) is 4. The first-order valence-electron chi connectivity index (χ1n) is 6.97. The number of carbonyl (C=O) groups is 1. The fraction of sp³-hybridized carbons (Fsp3) is 0.429. The van der Waals surface area contributed by atoms with E-state index in [4.69, 9.17) is 4.74 Å². The molecule has 5 nitrogen and oxygen atoms in total. The Morgan fingerprint density at radius 3 is 3.04 bits per heavy atom. The second-order valence-corrected chi connectivity index (χ2v) is 6.28. The summed E-state index contributed by atoms with van der Waals surface area (Å²) in [5.74, 6) is -1.14. The highest BCUT2D eigenvalue weighted by Crippen LogP contribution is 2.36. The summed E-state index contributed by atoms with van der Waals surface area (Å²) in [5.41, 5.74) is -0.0311. The molecule has 2 unspecified atom stereocenters. The van der Waals surface area contributed by atoms with E-state index >= 15 is 0 Å². The molecule has 0 saturated heterocycles. The van der Waals surface area contributed by atoms with E-state index in [-0.39, 0.29) is 5.82 Å². The van der Waals surface area contributed by atoms with Crippen molar-refractivity contribution in [2.45, 2.75) is 25.6 Å². The van der Waals surface area contributed by atoms with Gasteiger partial charge in [-0.1, -0.05) is 6.92 Å². The van der Waals surface area contributed by atoms with Gasteiger partial charge in [0, 0.05) is 17.4 Å². The van der Waals surface area contributed by atoms with Crippen LogP contribution < -0.4 is 5.32 Å². The highest BCUT2D eigenvalue weighted by Gasteiger charge is 2.34. The van der Waals surface area contributed by atoms with Crippen LogP contribution in [-0.2, 0) is 22.1 Å². The lowest BCUT2D eigenvalue weighted by Crippen LogP contribution is -2.30. The number of alkyl halides is 3. The molecule has 0 spiro atoms. The Balaban J connectivity index is 1.71. The van der Waals surface area contributed by atoms with Crippen LogP contribution in [0.4, 0.5) is 19.0 Å². The molecule has 0 aliphatic carbocycles. The number of ether oxygens (including phenoxy) is 1. The number of nitrogens with one attached hydrogen (secondary N) is 2. The summed E-state index contributed by atoms with van der Waals surface area (Å²) in [6.07, 6.45) is -4.11. The monoisotopic (exact) mass is 345 g/mol. The molecule has 2 atom stereocenters. The number of fused-ring (bicyclic) bond motifs is 1. The van der Waals surface area contributed by atoms with Crippen molar-refractivity contribution >= 4 is 23.1 Å². The van der Waals surface area contributed by atoms with Gasteiger partial charge in [-0.15, -0.1) is 11.3 Å². The maximum atomic E-state index is 12.5. The molecule has 2 aromatic rings. The number of carbonyl (C=O) groups excluding carboxylic acids is 1. The Morgan fingerprint density at radius 2 is 2.35 bits per heavy atom. The van der Waals surface area contributed by atoms with E-state index in [1.165, 1.54) is 4.88 Å². The number of aromatic nitrogens is 2. The van der Waals surface area contributed by atoms with Crippen molar-refractivity contribution in [2.24, 2.45) is 5.92 Å². The maximum Gasteiger partial charge on any atom is 0.432 e. The Bertz CT molecular complexity index is 710. The fourth-order valence-electron chi connectivity index (χ4n) is 2.50. The fourth-order valence-corrected chi connectivity index (χ4v) is 3.40. The zero-order valence-corrected chi connectivity index (χ0v) is 12.9. The topological polar surface area (TPSA) is 67.0 Å². The van der Waals surface area contributed by atoms with Gasteiger partial charge in [-0.3, -0.25) is 9.89 Å². The molecule has 0 bridgehead atoms. The molecule has 3 rings (SSSR count). The Labute approximate surface area is 133 Å². The lowest BCUT2D eigenvalue weighted by atomic mass is 9.94. The Hall–Kier alpha value is -1.87. The van der Waals surface area contributed by atoms with Crippen LogP contribution in [0.25, 0.3) is 0 Å². The Morgan fingerprint density at radius 1 is 1.57 bits per heavy atom. The lowest BCUT2D eigenvalue weighted by Gasteiger charge is -2.27. The van der Waals surface area contributed by atoms with Crippen molar-refractivity contribution in [3.63, 3.8) is 0 Å². The van der Waals surface area contributed by atoms with E-state index in [0.717, 1.165) is 18.1 Å². The van der Waals surface area contributed by atoms with Gasteiger partial charge in [0.2, 0.25) is 5.91 Å². The largest absolute Gasteiger partial charge is 0.432 e. The molecule has 1 amide bonds. The van der Waals surface area contributed by atoms with Crippen LogP contribution in [0.3, 0.4) is 0 Å². The van der Waals surface area contributed by atoms with Crippen molar-refractivity contribution in [2.75, 3.05) is 11.9 Å². The van der Waals surface area contributed by atoms with Gasteiger partial charge in [0.05, 0.1) is 18.6 Å². The van der Waals surface area contributed by atoms with Crippen molar-refractivity contribution < 1.29 is 22.7 Å². The maximum absolute atomic E-state index is 12.5.